The Morgan fingerprint density at radius 3 is 2.80 bits per heavy atom. The van der Waals surface area contributed by atoms with Crippen LogP contribution >= 0.6 is 0 Å². The van der Waals surface area contributed by atoms with Gasteiger partial charge in [-0.1, -0.05) is 5.16 Å². The number of hydrogen-bond donors (Lipinski definition) is 1. The van der Waals surface area contributed by atoms with Crippen LogP contribution in [0.3, 0.4) is 0 Å². The van der Waals surface area contributed by atoms with Crippen molar-refractivity contribution in [1.82, 2.24) is 30.3 Å². The lowest BCUT2D eigenvalue weighted by molar-refractivity contribution is 0.214. The monoisotopic (exact) mass is 279 g/mol. The third-order valence-electron chi connectivity index (χ3n) is 3.52. The summed E-state index contributed by atoms with van der Waals surface area (Å²) in [5, 5.41) is 11.2. The van der Waals surface area contributed by atoms with Gasteiger partial charge < -0.3 is 15.2 Å². The quantitative estimate of drug-likeness (QED) is 0.812. The minimum atomic E-state index is 0.0843. The third-order valence-corrected chi connectivity index (χ3v) is 3.52. The van der Waals surface area contributed by atoms with Crippen molar-refractivity contribution in [2.24, 2.45) is 0 Å². The Kier molecular flexibility index (Phi) is 3.36. The van der Waals surface area contributed by atoms with E-state index in [9.17, 15) is 0 Å². The molecule has 0 saturated carbocycles. The number of nitrogens with two attached hydrogens (primary N) is 1. The van der Waals surface area contributed by atoms with Gasteiger partial charge >= 0.3 is 0 Å². The lowest BCUT2D eigenvalue weighted by Gasteiger charge is -2.24. The molecular weight excluding hydrogens is 262 g/mol. The molecule has 3 heterocycles. The summed E-state index contributed by atoms with van der Waals surface area (Å²) in [6, 6.07) is 0.0843. The normalized spacial score (nSPS) is 22.0. The van der Waals surface area contributed by atoms with Gasteiger partial charge in [0.25, 0.3) is 5.89 Å². The van der Waals surface area contributed by atoms with Gasteiger partial charge in [-0.25, -0.2) is 4.63 Å². The topological polar surface area (TPSA) is 110 Å². The Morgan fingerprint density at radius 1 is 1.20 bits per heavy atom. The summed E-state index contributed by atoms with van der Waals surface area (Å²) in [7, 11) is 4.15. The maximum absolute atomic E-state index is 5.62. The van der Waals surface area contributed by atoms with Crippen LogP contribution in [0.2, 0.25) is 0 Å². The van der Waals surface area contributed by atoms with Crippen LogP contribution in [0.15, 0.2) is 9.15 Å². The average molecular weight is 279 g/mol. The fourth-order valence-corrected chi connectivity index (χ4v) is 2.36. The van der Waals surface area contributed by atoms with Crippen LogP contribution < -0.4 is 5.73 Å². The zero-order valence-corrected chi connectivity index (χ0v) is 11.5. The van der Waals surface area contributed by atoms with E-state index < -0.39 is 0 Å². The SMILES string of the molecule is CN1CCCN(C)C(c2noc(-c3nonc3N)n2)C1. The molecule has 0 radical (unpaired) electrons. The van der Waals surface area contributed by atoms with Crippen molar-refractivity contribution in [1.29, 1.82) is 0 Å². The summed E-state index contributed by atoms with van der Waals surface area (Å²) in [6.07, 6.45) is 1.12. The summed E-state index contributed by atoms with van der Waals surface area (Å²) < 4.78 is 9.76. The summed E-state index contributed by atoms with van der Waals surface area (Å²) in [5.74, 6) is 1.00. The molecule has 1 saturated heterocycles. The number of nitrogens with zero attached hydrogens (tertiary/aromatic N) is 6. The molecule has 1 atom stereocenters. The van der Waals surface area contributed by atoms with Crippen molar-refractivity contribution >= 4 is 5.82 Å². The second-order valence-electron chi connectivity index (χ2n) is 5.07. The molecule has 2 aromatic rings. The van der Waals surface area contributed by atoms with Gasteiger partial charge in [-0.2, -0.15) is 4.98 Å². The van der Waals surface area contributed by atoms with E-state index in [0.29, 0.717) is 5.82 Å². The van der Waals surface area contributed by atoms with Gasteiger partial charge in [0, 0.05) is 6.54 Å². The molecule has 1 unspecified atom stereocenters. The van der Waals surface area contributed by atoms with Gasteiger partial charge in [0.1, 0.15) is 0 Å². The number of nitrogen functional groups attached to an aromatic ring is 1. The molecule has 0 aromatic carbocycles. The molecule has 0 bridgehead atoms. The highest BCUT2D eigenvalue weighted by Crippen LogP contribution is 2.25. The third kappa shape index (κ3) is 2.37. The van der Waals surface area contributed by atoms with Gasteiger partial charge in [-0.15, -0.1) is 0 Å². The van der Waals surface area contributed by atoms with Crippen LogP contribution in [0.1, 0.15) is 18.3 Å². The van der Waals surface area contributed by atoms with Crippen molar-refractivity contribution < 1.29 is 9.15 Å². The first-order chi connectivity index (χ1) is 9.65. The molecule has 1 aliphatic heterocycles. The smallest absolute Gasteiger partial charge is 0.284 e. The molecule has 2 N–H and O–H groups in total. The predicted molar refractivity (Wildman–Crippen MR) is 69.5 cm³/mol. The minimum Gasteiger partial charge on any atom is -0.379 e. The van der Waals surface area contributed by atoms with Crippen LogP contribution in [0, 0.1) is 0 Å². The second kappa shape index (κ2) is 5.17. The standard InChI is InChI=1S/C11H17N7O2/c1-17-4-3-5-18(2)7(6-17)10-13-11(19-16-10)8-9(12)15-20-14-8/h7H,3-6H2,1-2H3,(H2,12,15). The van der Waals surface area contributed by atoms with Crippen LogP contribution in [-0.2, 0) is 0 Å². The van der Waals surface area contributed by atoms with Crippen molar-refractivity contribution in [2.75, 3.05) is 39.5 Å². The summed E-state index contributed by atoms with van der Waals surface area (Å²) in [5.41, 5.74) is 5.91. The van der Waals surface area contributed by atoms with Crippen molar-refractivity contribution in [3.8, 4) is 11.6 Å². The summed E-state index contributed by atoms with van der Waals surface area (Å²) in [6.45, 7) is 2.90. The van der Waals surface area contributed by atoms with Crippen molar-refractivity contribution in [2.45, 2.75) is 12.5 Å². The molecule has 9 nitrogen and oxygen atoms in total. The highest BCUT2D eigenvalue weighted by molar-refractivity contribution is 5.60. The first-order valence-electron chi connectivity index (χ1n) is 6.46. The molecule has 108 valence electrons. The van der Waals surface area contributed by atoms with Crippen LogP contribution in [0.25, 0.3) is 11.6 Å². The highest BCUT2D eigenvalue weighted by Gasteiger charge is 2.27. The van der Waals surface area contributed by atoms with Crippen molar-refractivity contribution in [3.05, 3.63) is 5.82 Å². The second-order valence-corrected chi connectivity index (χ2v) is 5.07. The van der Waals surface area contributed by atoms with E-state index in [1.54, 1.807) is 0 Å². The molecule has 1 aliphatic rings. The fraction of sp³-hybridized carbons (Fsp3) is 0.636. The zero-order chi connectivity index (χ0) is 14.1. The number of hydrogen-bond acceptors (Lipinski definition) is 9. The maximum atomic E-state index is 5.62. The van der Waals surface area contributed by atoms with E-state index in [2.05, 4.69) is 49.0 Å². The van der Waals surface area contributed by atoms with Crippen LogP contribution in [0.5, 0.6) is 0 Å². The average Bonchev–Trinajstić information content (AvgIpc) is 3.00. The van der Waals surface area contributed by atoms with E-state index in [1.165, 1.54) is 0 Å². The van der Waals surface area contributed by atoms with Crippen molar-refractivity contribution in [3.63, 3.8) is 0 Å². The van der Waals surface area contributed by atoms with E-state index in [0.717, 1.165) is 26.1 Å². The summed E-state index contributed by atoms with van der Waals surface area (Å²) in [4.78, 5) is 8.86. The number of anilines is 1. The molecule has 0 aliphatic carbocycles. The Morgan fingerprint density at radius 2 is 2.05 bits per heavy atom. The first-order valence-corrected chi connectivity index (χ1v) is 6.46. The fourth-order valence-electron chi connectivity index (χ4n) is 2.36. The molecule has 1 fully saturated rings. The molecule has 20 heavy (non-hydrogen) atoms. The van der Waals surface area contributed by atoms with Gasteiger partial charge in [0.05, 0.1) is 6.04 Å². The lowest BCUT2D eigenvalue weighted by Crippen LogP contribution is -2.31. The molecule has 0 spiro atoms. The van der Waals surface area contributed by atoms with Gasteiger partial charge in [-0.3, -0.25) is 4.90 Å². The largest absolute Gasteiger partial charge is 0.379 e. The Balaban J connectivity index is 1.87. The lowest BCUT2D eigenvalue weighted by atomic mass is 10.2. The zero-order valence-electron chi connectivity index (χ0n) is 11.5. The summed E-state index contributed by atoms with van der Waals surface area (Å²) >= 11 is 0. The molecular formula is C11H17N7O2. The highest BCUT2D eigenvalue weighted by atomic mass is 16.6. The Labute approximate surface area is 115 Å². The van der Waals surface area contributed by atoms with E-state index in [-0.39, 0.29) is 23.4 Å². The van der Waals surface area contributed by atoms with Gasteiger partial charge in [0.15, 0.2) is 5.82 Å². The van der Waals surface area contributed by atoms with Crippen LogP contribution in [0.4, 0.5) is 5.82 Å². The molecule has 0 amide bonds. The minimum absolute atomic E-state index is 0.0843. The number of rotatable bonds is 2. The number of likely N-dealkylation sites (N-methyl/N-ethyl adjacent to an activating group) is 2. The molecule has 2 aromatic heterocycles. The molecule has 3 rings (SSSR count). The van der Waals surface area contributed by atoms with E-state index in [1.807, 2.05) is 0 Å². The number of aromatic nitrogens is 4. The van der Waals surface area contributed by atoms with Crippen LogP contribution in [-0.4, -0.2) is 64.0 Å². The van der Waals surface area contributed by atoms with E-state index >= 15 is 0 Å². The molecule has 9 heteroatoms. The first kappa shape index (κ1) is 13.0. The van der Waals surface area contributed by atoms with E-state index in [4.69, 9.17) is 10.3 Å². The maximum Gasteiger partial charge on any atom is 0.284 e. The Hall–Kier alpha value is -2.00. The Bertz CT molecular complexity index is 581. The van der Waals surface area contributed by atoms with Gasteiger partial charge in [-0.05, 0) is 43.9 Å². The predicted octanol–water partition coefficient (Wildman–Crippen LogP) is 0.0102. The van der Waals surface area contributed by atoms with Gasteiger partial charge in [0.2, 0.25) is 11.5 Å².